The first kappa shape index (κ1) is 12.0. The van der Waals surface area contributed by atoms with Gasteiger partial charge < -0.3 is 9.47 Å². The number of ether oxygens (including phenoxy) is 2. The Morgan fingerprint density at radius 1 is 1.47 bits per heavy atom. The molecule has 1 atom stereocenters. The van der Waals surface area contributed by atoms with Crippen molar-refractivity contribution in [1.82, 2.24) is 0 Å². The van der Waals surface area contributed by atoms with Crippen molar-refractivity contribution in [1.29, 1.82) is 0 Å². The molecule has 1 aliphatic rings. The van der Waals surface area contributed by atoms with Crippen molar-refractivity contribution in [3.8, 4) is 5.75 Å². The predicted molar refractivity (Wildman–Crippen MR) is 64.6 cm³/mol. The van der Waals surface area contributed by atoms with Gasteiger partial charge in [0.2, 0.25) is 0 Å². The minimum absolute atomic E-state index is 0.106. The minimum Gasteiger partial charge on any atom is -0.498 e. The summed E-state index contributed by atoms with van der Waals surface area (Å²) in [5, 5.41) is 0. The van der Waals surface area contributed by atoms with Crippen LogP contribution < -0.4 is 4.74 Å². The Bertz CT molecular complexity index is 426. The van der Waals surface area contributed by atoms with Gasteiger partial charge in [0.1, 0.15) is 11.6 Å². The normalized spacial score (nSPS) is 19.5. The van der Waals surface area contributed by atoms with Gasteiger partial charge in [0.15, 0.2) is 0 Å². The molecule has 0 radical (unpaired) electrons. The van der Waals surface area contributed by atoms with Crippen molar-refractivity contribution in [2.75, 3.05) is 13.2 Å². The quantitative estimate of drug-likeness (QED) is 0.797. The highest BCUT2D eigenvalue weighted by Crippen LogP contribution is 2.29. The fraction of sp³-hybridized carbons (Fsp3) is 0.429. The lowest BCUT2D eigenvalue weighted by Crippen LogP contribution is -2.12. The molecule has 1 heterocycles. The standard InChI is InChI=1S/C14H17FO2/c1-3-16-12-6-7-13(14(15)8-12)11-5-4-10(2)17-9-11/h4,6-8,11H,3,5,9H2,1-2H3. The molecular formula is C14H17FO2. The van der Waals surface area contributed by atoms with Crippen LogP contribution in [0.25, 0.3) is 0 Å². The molecule has 1 unspecified atom stereocenters. The Labute approximate surface area is 101 Å². The van der Waals surface area contributed by atoms with Crippen molar-refractivity contribution in [3.05, 3.63) is 41.4 Å². The van der Waals surface area contributed by atoms with Crippen molar-refractivity contribution >= 4 is 0 Å². The summed E-state index contributed by atoms with van der Waals surface area (Å²) in [6, 6.07) is 5.06. The van der Waals surface area contributed by atoms with Crippen LogP contribution >= 0.6 is 0 Å². The monoisotopic (exact) mass is 236 g/mol. The summed E-state index contributed by atoms with van der Waals surface area (Å²) in [4.78, 5) is 0. The molecule has 17 heavy (non-hydrogen) atoms. The molecule has 0 N–H and O–H groups in total. The van der Waals surface area contributed by atoms with Gasteiger partial charge in [-0.2, -0.15) is 0 Å². The highest BCUT2D eigenvalue weighted by molar-refractivity contribution is 5.32. The highest BCUT2D eigenvalue weighted by atomic mass is 19.1. The number of benzene rings is 1. The van der Waals surface area contributed by atoms with Gasteiger partial charge in [-0.05, 0) is 38.0 Å². The molecular weight excluding hydrogens is 219 g/mol. The first-order chi connectivity index (χ1) is 8.20. The molecule has 0 fully saturated rings. The van der Waals surface area contributed by atoms with Crippen LogP contribution in [0.1, 0.15) is 31.7 Å². The molecule has 1 aromatic carbocycles. The molecule has 0 amide bonds. The van der Waals surface area contributed by atoms with Crippen LogP contribution in [-0.4, -0.2) is 13.2 Å². The van der Waals surface area contributed by atoms with E-state index in [0.29, 0.717) is 24.5 Å². The van der Waals surface area contributed by atoms with E-state index in [2.05, 4.69) is 0 Å². The predicted octanol–water partition coefficient (Wildman–Crippen LogP) is 3.63. The Morgan fingerprint density at radius 3 is 2.88 bits per heavy atom. The summed E-state index contributed by atoms with van der Waals surface area (Å²) >= 11 is 0. The van der Waals surface area contributed by atoms with E-state index in [1.165, 1.54) is 6.07 Å². The minimum atomic E-state index is -0.211. The second-order valence-electron chi connectivity index (χ2n) is 4.17. The largest absolute Gasteiger partial charge is 0.498 e. The smallest absolute Gasteiger partial charge is 0.130 e. The molecule has 2 rings (SSSR count). The molecule has 0 aliphatic carbocycles. The lowest BCUT2D eigenvalue weighted by atomic mass is 9.94. The van der Waals surface area contributed by atoms with Crippen molar-refractivity contribution in [2.24, 2.45) is 0 Å². The van der Waals surface area contributed by atoms with Crippen LogP contribution in [0.2, 0.25) is 0 Å². The molecule has 0 spiro atoms. The molecule has 0 aromatic heterocycles. The van der Waals surface area contributed by atoms with Crippen molar-refractivity contribution in [2.45, 2.75) is 26.2 Å². The second-order valence-corrected chi connectivity index (χ2v) is 4.17. The van der Waals surface area contributed by atoms with Gasteiger partial charge in [-0.1, -0.05) is 6.07 Å². The zero-order valence-electron chi connectivity index (χ0n) is 10.2. The average Bonchev–Trinajstić information content (AvgIpc) is 2.31. The molecule has 0 saturated carbocycles. The lowest BCUT2D eigenvalue weighted by Gasteiger charge is -2.22. The number of allylic oxidation sites excluding steroid dienone is 2. The molecule has 3 heteroatoms. The highest BCUT2D eigenvalue weighted by Gasteiger charge is 2.19. The van der Waals surface area contributed by atoms with Gasteiger partial charge in [0.25, 0.3) is 0 Å². The average molecular weight is 236 g/mol. The van der Waals surface area contributed by atoms with Crippen LogP contribution in [0.3, 0.4) is 0 Å². The third-order valence-corrected chi connectivity index (χ3v) is 2.92. The van der Waals surface area contributed by atoms with Crippen LogP contribution in [0, 0.1) is 5.82 Å². The zero-order chi connectivity index (χ0) is 12.3. The van der Waals surface area contributed by atoms with Crippen LogP contribution in [0.5, 0.6) is 5.75 Å². The summed E-state index contributed by atoms with van der Waals surface area (Å²) < 4.78 is 24.6. The Hall–Kier alpha value is -1.51. The maximum Gasteiger partial charge on any atom is 0.130 e. The maximum atomic E-state index is 13.9. The summed E-state index contributed by atoms with van der Waals surface area (Å²) in [7, 11) is 0. The van der Waals surface area contributed by atoms with Gasteiger partial charge in [-0.25, -0.2) is 4.39 Å². The Balaban J connectivity index is 2.16. The van der Waals surface area contributed by atoms with Gasteiger partial charge in [-0.15, -0.1) is 0 Å². The molecule has 0 bridgehead atoms. The van der Waals surface area contributed by atoms with E-state index in [4.69, 9.17) is 9.47 Å². The Kier molecular flexibility index (Phi) is 3.67. The number of rotatable bonds is 3. The van der Waals surface area contributed by atoms with E-state index in [0.717, 1.165) is 12.2 Å². The van der Waals surface area contributed by atoms with Crippen LogP contribution in [-0.2, 0) is 4.74 Å². The van der Waals surface area contributed by atoms with Gasteiger partial charge >= 0.3 is 0 Å². The maximum absolute atomic E-state index is 13.9. The van der Waals surface area contributed by atoms with Crippen LogP contribution in [0.15, 0.2) is 30.0 Å². The van der Waals surface area contributed by atoms with Gasteiger partial charge in [0.05, 0.1) is 19.0 Å². The number of hydrogen-bond donors (Lipinski definition) is 0. The molecule has 1 aliphatic heterocycles. The van der Waals surface area contributed by atoms with E-state index in [1.807, 2.05) is 26.0 Å². The van der Waals surface area contributed by atoms with E-state index < -0.39 is 0 Å². The third kappa shape index (κ3) is 2.78. The number of halogens is 1. The summed E-state index contributed by atoms with van der Waals surface area (Å²) in [5.41, 5.74) is 0.706. The summed E-state index contributed by atoms with van der Waals surface area (Å²) in [6.45, 7) is 4.90. The van der Waals surface area contributed by atoms with E-state index in [9.17, 15) is 4.39 Å². The lowest BCUT2D eigenvalue weighted by molar-refractivity contribution is 0.175. The van der Waals surface area contributed by atoms with Gasteiger partial charge in [0, 0.05) is 12.0 Å². The fourth-order valence-corrected chi connectivity index (χ4v) is 1.98. The van der Waals surface area contributed by atoms with E-state index >= 15 is 0 Å². The number of hydrogen-bond acceptors (Lipinski definition) is 2. The van der Waals surface area contributed by atoms with E-state index in [-0.39, 0.29) is 11.7 Å². The third-order valence-electron chi connectivity index (χ3n) is 2.92. The van der Waals surface area contributed by atoms with Crippen molar-refractivity contribution in [3.63, 3.8) is 0 Å². The molecule has 1 aromatic rings. The zero-order valence-corrected chi connectivity index (χ0v) is 10.2. The topological polar surface area (TPSA) is 18.5 Å². The molecule has 2 nitrogen and oxygen atoms in total. The van der Waals surface area contributed by atoms with Crippen molar-refractivity contribution < 1.29 is 13.9 Å². The SMILES string of the molecule is CCOc1ccc(C2CC=C(C)OC2)c(F)c1. The molecule has 92 valence electrons. The summed E-state index contributed by atoms with van der Waals surface area (Å²) in [5.74, 6) is 1.40. The Morgan fingerprint density at radius 2 is 2.29 bits per heavy atom. The second kappa shape index (κ2) is 5.21. The molecule has 0 saturated heterocycles. The summed E-state index contributed by atoms with van der Waals surface area (Å²) in [6.07, 6.45) is 2.83. The van der Waals surface area contributed by atoms with Crippen LogP contribution in [0.4, 0.5) is 4.39 Å². The van der Waals surface area contributed by atoms with Gasteiger partial charge in [-0.3, -0.25) is 0 Å². The first-order valence-corrected chi connectivity index (χ1v) is 5.92. The first-order valence-electron chi connectivity index (χ1n) is 5.92. The van der Waals surface area contributed by atoms with E-state index in [1.54, 1.807) is 6.07 Å². The fourth-order valence-electron chi connectivity index (χ4n) is 1.98.